The molecule has 0 spiro atoms. The highest BCUT2D eigenvalue weighted by molar-refractivity contribution is 6.15. The zero-order valence-corrected chi connectivity index (χ0v) is 18.1. The fraction of sp³-hybridized carbons (Fsp3) is 0.111. The molecule has 1 aromatic heterocycles. The molecule has 1 N–H and O–H groups in total. The number of benzene rings is 3. The average Bonchev–Trinajstić information content (AvgIpc) is 2.82. The number of carbonyl (C=O) groups excluding carboxylic acids is 1. The van der Waals surface area contributed by atoms with Crippen molar-refractivity contribution >= 4 is 22.8 Å². The van der Waals surface area contributed by atoms with Gasteiger partial charge in [0.15, 0.2) is 5.78 Å². The third kappa shape index (κ3) is 4.05. The van der Waals surface area contributed by atoms with Crippen molar-refractivity contribution in [3.63, 3.8) is 0 Å². The van der Waals surface area contributed by atoms with Gasteiger partial charge in [0.05, 0.1) is 19.8 Å². The largest absolute Gasteiger partial charge is 0.497 e. The maximum absolute atomic E-state index is 13.3. The first-order chi connectivity index (χ1) is 15.5. The van der Waals surface area contributed by atoms with Crippen LogP contribution in [-0.2, 0) is 0 Å². The van der Waals surface area contributed by atoms with Crippen LogP contribution in [0.15, 0.2) is 77.6 Å². The number of ketones is 1. The number of hydrogen-bond acceptors (Lipinski definition) is 4. The second kappa shape index (κ2) is 8.94. The minimum absolute atomic E-state index is 0.104. The lowest BCUT2D eigenvalue weighted by Crippen LogP contribution is -2.18. The molecule has 1 heterocycles. The molecule has 0 radical (unpaired) electrons. The zero-order chi connectivity index (χ0) is 22.7. The van der Waals surface area contributed by atoms with Crippen LogP contribution >= 0.6 is 0 Å². The number of aromatic amines is 1. The van der Waals surface area contributed by atoms with Gasteiger partial charge in [-0.25, -0.2) is 0 Å². The molecule has 0 saturated heterocycles. The summed E-state index contributed by atoms with van der Waals surface area (Å²) in [6.07, 6.45) is 3.04. The SMILES string of the molecule is COc1ccc(OC)c(C=CC(=O)c2c(-c3ccccc3)c3cc(C)ccc3[nH]c2=O)c1. The molecular weight excluding hydrogens is 402 g/mol. The number of allylic oxidation sites excluding steroid dienone is 1. The van der Waals surface area contributed by atoms with Crippen molar-refractivity contribution in [2.45, 2.75) is 6.92 Å². The summed E-state index contributed by atoms with van der Waals surface area (Å²) in [5.74, 6) is 0.849. The van der Waals surface area contributed by atoms with Crippen molar-refractivity contribution in [1.29, 1.82) is 0 Å². The molecule has 0 aliphatic rings. The molecule has 32 heavy (non-hydrogen) atoms. The Balaban J connectivity index is 1.89. The van der Waals surface area contributed by atoms with Gasteiger partial charge >= 0.3 is 0 Å². The number of pyridine rings is 1. The second-order valence-corrected chi connectivity index (χ2v) is 7.42. The molecule has 5 nitrogen and oxygen atoms in total. The number of rotatable bonds is 6. The van der Waals surface area contributed by atoms with Crippen LogP contribution in [0.5, 0.6) is 11.5 Å². The highest BCUT2D eigenvalue weighted by Gasteiger charge is 2.19. The summed E-state index contributed by atoms with van der Waals surface area (Å²) < 4.78 is 10.7. The summed E-state index contributed by atoms with van der Waals surface area (Å²) in [6, 6.07) is 20.6. The lowest BCUT2D eigenvalue weighted by atomic mass is 9.93. The summed E-state index contributed by atoms with van der Waals surface area (Å²) >= 11 is 0. The van der Waals surface area contributed by atoms with Gasteiger partial charge in [-0.05, 0) is 55.0 Å². The van der Waals surface area contributed by atoms with Gasteiger partial charge in [-0.3, -0.25) is 9.59 Å². The molecule has 0 fully saturated rings. The highest BCUT2D eigenvalue weighted by Crippen LogP contribution is 2.31. The van der Waals surface area contributed by atoms with Gasteiger partial charge in [0.2, 0.25) is 0 Å². The van der Waals surface area contributed by atoms with Gasteiger partial charge in [0, 0.05) is 22.0 Å². The number of methoxy groups -OCH3 is 2. The molecule has 4 rings (SSSR count). The second-order valence-electron chi connectivity index (χ2n) is 7.42. The minimum atomic E-state index is -0.424. The smallest absolute Gasteiger partial charge is 0.260 e. The van der Waals surface area contributed by atoms with E-state index in [1.54, 1.807) is 38.5 Å². The van der Waals surface area contributed by atoms with E-state index in [0.29, 0.717) is 28.1 Å². The first-order valence-electron chi connectivity index (χ1n) is 10.2. The van der Waals surface area contributed by atoms with E-state index >= 15 is 0 Å². The molecule has 0 aliphatic carbocycles. The van der Waals surface area contributed by atoms with Gasteiger partial charge in [0.25, 0.3) is 5.56 Å². The summed E-state index contributed by atoms with van der Waals surface area (Å²) in [4.78, 5) is 29.2. The Morgan fingerprint density at radius 1 is 0.938 bits per heavy atom. The Hall–Kier alpha value is -4.12. The van der Waals surface area contributed by atoms with Crippen LogP contribution in [0, 0.1) is 6.92 Å². The van der Waals surface area contributed by atoms with Crippen LogP contribution in [-0.4, -0.2) is 25.0 Å². The molecule has 160 valence electrons. The predicted molar refractivity (Wildman–Crippen MR) is 128 cm³/mol. The molecule has 0 saturated carbocycles. The lowest BCUT2D eigenvalue weighted by molar-refractivity contribution is 0.104. The normalized spacial score (nSPS) is 11.1. The van der Waals surface area contributed by atoms with Gasteiger partial charge in [-0.1, -0.05) is 42.0 Å². The van der Waals surface area contributed by atoms with Crippen molar-refractivity contribution in [2.75, 3.05) is 14.2 Å². The lowest BCUT2D eigenvalue weighted by Gasteiger charge is -2.12. The quantitative estimate of drug-likeness (QED) is 0.331. The number of nitrogens with one attached hydrogen (secondary N) is 1. The van der Waals surface area contributed by atoms with Gasteiger partial charge < -0.3 is 14.5 Å². The van der Waals surface area contributed by atoms with E-state index < -0.39 is 11.3 Å². The van der Waals surface area contributed by atoms with Gasteiger partial charge in [-0.2, -0.15) is 0 Å². The molecule has 3 aromatic carbocycles. The van der Waals surface area contributed by atoms with E-state index in [2.05, 4.69) is 4.98 Å². The average molecular weight is 425 g/mol. The van der Waals surface area contributed by atoms with Crippen LogP contribution in [0.3, 0.4) is 0 Å². The topological polar surface area (TPSA) is 68.4 Å². The van der Waals surface area contributed by atoms with E-state index in [0.717, 1.165) is 16.5 Å². The number of ether oxygens (including phenoxy) is 2. The van der Waals surface area contributed by atoms with E-state index in [1.165, 1.54) is 6.08 Å². The fourth-order valence-electron chi connectivity index (χ4n) is 3.77. The monoisotopic (exact) mass is 425 g/mol. The summed E-state index contributed by atoms with van der Waals surface area (Å²) in [5, 5.41) is 0.825. The maximum Gasteiger partial charge on any atom is 0.260 e. The van der Waals surface area contributed by atoms with Crippen LogP contribution in [0.1, 0.15) is 21.5 Å². The Bertz CT molecular complexity index is 1380. The van der Waals surface area contributed by atoms with Crippen molar-refractivity contribution < 1.29 is 14.3 Å². The van der Waals surface area contributed by atoms with Gasteiger partial charge in [0.1, 0.15) is 11.5 Å². The predicted octanol–water partition coefficient (Wildman–Crippen LogP) is 5.42. The molecule has 0 bridgehead atoms. The molecule has 5 heteroatoms. The van der Waals surface area contributed by atoms with Crippen LogP contribution in [0.25, 0.3) is 28.1 Å². The van der Waals surface area contributed by atoms with E-state index in [4.69, 9.17) is 9.47 Å². The molecule has 0 aliphatic heterocycles. The first-order valence-corrected chi connectivity index (χ1v) is 10.2. The minimum Gasteiger partial charge on any atom is -0.497 e. The number of fused-ring (bicyclic) bond motifs is 1. The van der Waals surface area contributed by atoms with Crippen LogP contribution in [0.2, 0.25) is 0 Å². The van der Waals surface area contributed by atoms with E-state index in [9.17, 15) is 9.59 Å². The zero-order valence-electron chi connectivity index (χ0n) is 18.1. The molecule has 0 atom stereocenters. The Labute approximate surface area is 185 Å². The molecule has 4 aromatic rings. The highest BCUT2D eigenvalue weighted by atomic mass is 16.5. The van der Waals surface area contributed by atoms with Crippen molar-refractivity contribution in [3.8, 4) is 22.6 Å². The Morgan fingerprint density at radius 2 is 1.72 bits per heavy atom. The van der Waals surface area contributed by atoms with Crippen molar-refractivity contribution in [2.24, 2.45) is 0 Å². The molecule has 0 unspecified atom stereocenters. The number of hydrogen-bond donors (Lipinski definition) is 1. The third-order valence-electron chi connectivity index (χ3n) is 5.33. The standard InChI is InChI=1S/C27H23NO4/c1-17-9-12-22-21(15-17)25(18-7-5-4-6-8-18)26(27(30)28-22)23(29)13-10-19-16-20(31-2)11-14-24(19)32-3/h4-16H,1-3H3,(H,28,30). The Morgan fingerprint density at radius 3 is 2.44 bits per heavy atom. The van der Waals surface area contributed by atoms with Crippen molar-refractivity contribution in [3.05, 3.63) is 99.9 Å². The number of aryl methyl sites for hydroxylation is 1. The number of aromatic nitrogens is 1. The number of H-pyrrole nitrogens is 1. The first kappa shape index (κ1) is 21.1. The van der Waals surface area contributed by atoms with Crippen molar-refractivity contribution in [1.82, 2.24) is 4.98 Å². The maximum atomic E-state index is 13.3. The fourth-order valence-corrected chi connectivity index (χ4v) is 3.77. The summed E-state index contributed by atoms with van der Waals surface area (Å²) in [6.45, 7) is 1.98. The third-order valence-corrected chi connectivity index (χ3v) is 5.33. The van der Waals surface area contributed by atoms with E-state index in [1.807, 2.05) is 55.5 Å². The summed E-state index contributed by atoms with van der Waals surface area (Å²) in [5.41, 5.74) is 3.52. The van der Waals surface area contributed by atoms with E-state index in [-0.39, 0.29) is 5.56 Å². The van der Waals surface area contributed by atoms with Crippen LogP contribution in [0.4, 0.5) is 0 Å². The Kier molecular flexibility index (Phi) is 5.90. The van der Waals surface area contributed by atoms with Gasteiger partial charge in [-0.15, -0.1) is 0 Å². The molecule has 0 amide bonds. The number of carbonyl (C=O) groups is 1. The molecular formula is C27H23NO4. The van der Waals surface area contributed by atoms with Crippen LogP contribution < -0.4 is 15.0 Å². The summed E-state index contributed by atoms with van der Waals surface area (Å²) in [7, 11) is 3.13.